The summed E-state index contributed by atoms with van der Waals surface area (Å²) in [7, 11) is 1.56. The molecule has 92 valence electrons. The predicted molar refractivity (Wildman–Crippen MR) is 66.0 cm³/mol. The van der Waals surface area contributed by atoms with E-state index in [2.05, 4.69) is 0 Å². The Morgan fingerprint density at radius 1 is 1.41 bits per heavy atom. The molecule has 0 fully saturated rings. The Morgan fingerprint density at radius 3 is 2.65 bits per heavy atom. The molecule has 0 saturated heterocycles. The highest BCUT2D eigenvalue weighted by Gasteiger charge is 2.17. The van der Waals surface area contributed by atoms with Crippen molar-refractivity contribution in [1.29, 1.82) is 0 Å². The number of urea groups is 1. The maximum absolute atomic E-state index is 11.5. The second kappa shape index (κ2) is 6.15. The van der Waals surface area contributed by atoms with Crippen LogP contribution in [0.5, 0.6) is 5.75 Å². The van der Waals surface area contributed by atoms with E-state index in [-0.39, 0.29) is 0 Å². The van der Waals surface area contributed by atoms with Crippen molar-refractivity contribution in [2.24, 2.45) is 5.73 Å². The number of methoxy groups -OCH3 is 1. The Bertz CT molecular complexity index is 423. The highest BCUT2D eigenvalue weighted by Crippen LogP contribution is 2.31. The summed E-state index contributed by atoms with van der Waals surface area (Å²) >= 11 is 1.30. The zero-order chi connectivity index (χ0) is 12.8. The van der Waals surface area contributed by atoms with Crippen LogP contribution in [0, 0.1) is 0 Å². The lowest BCUT2D eigenvalue weighted by molar-refractivity contribution is -0.119. The fraction of sp³-hybridized carbons (Fsp3) is 0.273. The minimum atomic E-state index is -0.845. The first-order valence-corrected chi connectivity index (χ1v) is 5.82. The van der Waals surface area contributed by atoms with Crippen LogP contribution < -0.4 is 15.8 Å². The number of para-hydroxylation sites is 1. The van der Waals surface area contributed by atoms with Crippen LogP contribution in [0.3, 0.4) is 0 Å². The third kappa shape index (κ3) is 3.99. The van der Waals surface area contributed by atoms with E-state index < -0.39 is 17.2 Å². The number of imide groups is 1. The summed E-state index contributed by atoms with van der Waals surface area (Å²) in [5, 5.41) is 1.61. The summed E-state index contributed by atoms with van der Waals surface area (Å²) in [6.45, 7) is 1.69. The quantitative estimate of drug-likeness (QED) is 0.795. The van der Waals surface area contributed by atoms with Gasteiger partial charge in [-0.05, 0) is 19.1 Å². The van der Waals surface area contributed by atoms with Gasteiger partial charge in [-0.25, -0.2) is 4.79 Å². The molecule has 0 aliphatic heterocycles. The van der Waals surface area contributed by atoms with E-state index in [1.165, 1.54) is 11.8 Å². The van der Waals surface area contributed by atoms with E-state index >= 15 is 0 Å². The van der Waals surface area contributed by atoms with Gasteiger partial charge in [0.2, 0.25) is 5.91 Å². The van der Waals surface area contributed by atoms with E-state index in [9.17, 15) is 9.59 Å². The number of amides is 3. The van der Waals surface area contributed by atoms with Gasteiger partial charge in [0.05, 0.1) is 17.3 Å². The van der Waals surface area contributed by atoms with E-state index in [0.29, 0.717) is 5.75 Å². The number of thioether (sulfide) groups is 1. The van der Waals surface area contributed by atoms with E-state index in [1.807, 2.05) is 23.5 Å². The first kappa shape index (κ1) is 13.4. The standard InChI is InChI=1S/C11H14N2O3S/c1-7(10(14)13-11(12)15)17-9-6-4-3-5-8(9)16-2/h3-7H,1-2H3,(H3,12,13,14,15)/t7-/m0/s1. The lowest BCUT2D eigenvalue weighted by Crippen LogP contribution is -2.39. The van der Waals surface area contributed by atoms with Gasteiger partial charge < -0.3 is 10.5 Å². The van der Waals surface area contributed by atoms with Crippen LogP contribution in [0.25, 0.3) is 0 Å². The van der Waals surface area contributed by atoms with Crippen LogP contribution in [0.2, 0.25) is 0 Å². The summed E-state index contributed by atoms with van der Waals surface area (Å²) in [5.41, 5.74) is 4.88. The number of hydrogen-bond donors (Lipinski definition) is 2. The average Bonchev–Trinajstić information content (AvgIpc) is 2.28. The molecule has 0 bridgehead atoms. The minimum absolute atomic E-state index is 0.423. The molecule has 0 spiro atoms. The lowest BCUT2D eigenvalue weighted by atomic mass is 10.3. The van der Waals surface area contributed by atoms with Crippen LogP contribution >= 0.6 is 11.8 Å². The molecule has 0 radical (unpaired) electrons. The van der Waals surface area contributed by atoms with Gasteiger partial charge in [0.15, 0.2) is 0 Å². The van der Waals surface area contributed by atoms with Gasteiger partial charge in [-0.15, -0.1) is 11.8 Å². The molecular formula is C11H14N2O3S. The van der Waals surface area contributed by atoms with Crippen molar-refractivity contribution in [1.82, 2.24) is 5.32 Å². The van der Waals surface area contributed by atoms with Crippen LogP contribution in [-0.4, -0.2) is 24.3 Å². The van der Waals surface area contributed by atoms with Crippen molar-refractivity contribution in [2.75, 3.05) is 7.11 Å². The molecule has 1 rings (SSSR count). The van der Waals surface area contributed by atoms with Gasteiger partial charge in [-0.3, -0.25) is 10.1 Å². The molecule has 6 heteroatoms. The lowest BCUT2D eigenvalue weighted by Gasteiger charge is -2.12. The summed E-state index contributed by atoms with van der Waals surface area (Å²) in [4.78, 5) is 22.9. The monoisotopic (exact) mass is 254 g/mol. The average molecular weight is 254 g/mol. The van der Waals surface area contributed by atoms with Crippen molar-refractivity contribution in [3.63, 3.8) is 0 Å². The van der Waals surface area contributed by atoms with Gasteiger partial charge in [-0.1, -0.05) is 12.1 Å². The SMILES string of the molecule is COc1ccccc1S[C@@H](C)C(=O)NC(N)=O. The molecule has 1 aromatic rings. The molecule has 1 atom stereocenters. The molecule has 0 saturated carbocycles. The minimum Gasteiger partial charge on any atom is -0.496 e. The van der Waals surface area contributed by atoms with Crippen LogP contribution in [0.15, 0.2) is 29.2 Å². The van der Waals surface area contributed by atoms with Gasteiger partial charge in [-0.2, -0.15) is 0 Å². The number of benzene rings is 1. The number of carbonyl (C=O) groups excluding carboxylic acids is 2. The van der Waals surface area contributed by atoms with Crippen LogP contribution in [-0.2, 0) is 4.79 Å². The van der Waals surface area contributed by atoms with Crippen LogP contribution in [0.4, 0.5) is 4.79 Å². The molecule has 17 heavy (non-hydrogen) atoms. The van der Waals surface area contributed by atoms with Crippen molar-refractivity contribution < 1.29 is 14.3 Å². The normalized spacial score (nSPS) is 11.6. The zero-order valence-electron chi connectivity index (χ0n) is 9.60. The third-order valence-electron chi connectivity index (χ3n) is 1.99. The summed E-state index contributed by atoms with van der Waals surface area (Å²) in [5.74, 6) is 0.268. The molecule has 0 aromatic heterocycles. The topological polar surface area (TPSA) is 81.4 Å². The highest BCUT2D eigenvalue weighted by atomic mass is 32.2. The third-order valence-corrected chi connectivity index (χ3v) is 3.15. The summed E-state index contributed by atoms with van der Waals surface area (Å²) in [6.07, 6.45) is 0. The van der Waals surface area contributed by atoms with Gasteiger partial charge in [0.25, 0.3) is 0 Å². The number of carbonyl (C=O) groups is 2. The number of primary amides is 1. The number of nitrogens with one attached hydrogen (secondary N) is 1. The van der Waals surface area contributed by atoms with Crippen molar-refractivity contribution in [3.8, 4) is 5.75 Å². The first-order valence-electron chi connectivity index (χ1n) is 4.94. The number of ether oxygens (including phenoxy) is 1. The predicted octanol–water partition coefficient (Wildman–Crippen LogP) is 1.37. The van der Waals surface area contributed by atoms with Crippen molar-refractivity contribution in [2.45, 2.75) is 17.1 Å². The smallest absolute Gasteiger partial charge is 0.318 e. The van der Waals surface area contributed by atoms with Crippen LogP contribution in [0.1, 0.15) is 6.92 Å². The molecule has 0 heterocycles. The fourth-order valence-corrected chi connectivity index (χ4v) is 2.15. The molecule has 3 amide bonds. The molecule has 0 unspecified atom stereocenters. The molecule has 0 aliphatic carbocycles. The molecule has 5 nitrogen and oxygen atoms in total. The van der Waals surface area contributed by atoms with Crippen molar-refractivity contribution in [3.05, 3.63) is 24.3 Å². The number of hydrogen-bond acceptors (Lipinski definition) is 4. The highest BCUT2D eigenvalue weighted by molar-refractivity contribution is 8.00. The Kier molecular flexibility index (Phi) is 4.84. The second-order valence-electron chi connectivity index (χ2n) is 3.26. The van der Waals surface area contributed by atoms with Gasteiger partial charge >= 0.3 is 6.03 Å². The molecule has 1 aromatic carbocycles. The van der Waals surface area contributed by atoms with E-state index in [1.54, 1.807) is 20.1 Å². The molecular weight excluding hydrogens is 240 g/mol. The van der Waals surface area contributed by atoms with E-state index in [4.69, 9.17) is 10.5 Å². The van der Waals surface area contributed by atoms with Gasteiger partial charge in [0, 0.05) is 0 Å². The Hall–Kier alpha value is -1.69. The summed E-state index contributed by atoms with van der Waals surface area (Å²) in [6, 6.07) is 6.50. The molecule has 0 aliphatic rings. The Morgan fingerprint density at radius 2 is 2.06 bits per heavy atom. The summed E-state index contributed by atoms with van der Waals surface area (Å²) < 4.78 is 5.16. The first-order chi connectivity index (χ1) is 8.04. The fourth-order valence-electron chi connectivity index (χ4n) is 1.18. The maximum atomic E-state index is 11.5. The maximum Gasteiger partial charge on any atom is 0.318 e. The Balaban J connectivity index is 2.70. The largest absolute Gasteiger partial charge is 0.496 e. The zero-order valence-corrected chi connectivity index (χ0v) is 10.4. The number of rotatable bonds is 4. The Labute approximate surface area is 104 Å². The molecule has 3 N–H and O–H groups in total. The van der Waals surface area contributed by atoms with E-state index in [0.717, 1.165) is 4.90 Å². The number of nitrogens with two attached hydrogens (primary N) is 1. The second-order valence-corrected chi connectivity index (χ2v) is 4.65. The van der Waals surface area contributed by atoms with Gasteiger partial charge in [0.1, 0.15) is 5.75 Å². The van der Waals surface area contributed by atoms with Crippen molar-refractivity contribution >= 4 is 23.7 Å².